The Labute approximate surface area is 237 Å². The molecule has 1 aromatic heterocycles. The highest BCUT2D eigenvalue weighted by atomic mass is 35.5. The van der Waals surface area contributed by atoms with Crippen molar-refractivity contribution in [1.29, 1.82) is 0 Å². The van der Waals surface area contributed by atoms with Crippen molar-refractivity contribution in [3.8, 4) is 0 Å². The van der Waals surface area contributed by atoms with Gasteiger partial charge in [0.05, 0.1) is 22.5 Å². The minimum absolute atomic E-state index is 0.0302. The average molecular weight is 550 g/mol. The zero-order valence-electron chi connectivity index (χ0n) is 22.0. The second-order valence-electron chi connectivity index (χ2n) is 11.2. The molecule has 0 bridgehead atoms. The summed E-state index contributed by atoms with van der Waals surface area (Å²) >= 11 is 6.57. The number of benzene rings is 2. The summed E-state index contributed by atoms with van der Waals surface area (Å²) in [6.45, 7) is 4.01. The number of nitrogens with zero attached hydrogens (tertiary/aromatic N) is 4. The van der Waals surface area contributed by atoms with Crippen LogP contribution in [0.5, 0.6) is 0 Å². The summed E-state index contributed by atoms with van der Waals surface area (Å²) in [5.41, 5.74) is 3.51. The third-order valence-corrected chi connectivity index (χ3v) is 8.93. The van der Waals surface area contributed by atoms with Gasteiger partial charge < -0.3 is 5.32 Å². The number of pyridine rings is 1. The summed E-state index contributed by atoms with van der Waals surface area (Å²) in [5, 5.41) is 4.46. The molecule has 2 aliphatic heterocycles. The van der Waals surface area contributed by atoms with E-state index in [1.165, 1.54) is 0 Å². The molecule has 1 fully saturated rings. The van der Waals surface area contributed by atoms with Gasteiger partial charge in [0, 0.05) is 23.4 Å². The van der Waals surface area contributed by atoms with E-state index in [0.29, 0.717) is 36.1 Å². The molecule has 0 saturated heterocycles. The molecule has 40 heavy (non-hydrogen) atoms. The number of fused-ring (bicyclic) bond motifs is 2. The van der Waals surface area contributed by atoms with Crippen molar-refractivity contribution in [3.63, 3.8) is 0 Å². The van der Waals surface area contributed by atoms with Crippen molar-refractivity contribution in [2.45, 2.75) is 50.6 Å². The van der Waals surface area contributed by atoms with E-state index in [1.54, 1.807) is 17.2 Å². The molecule has 2 aromatic carbocycles. The lowest BCUT2D eigenvalue weighted by Crippen LogP contribution is -2.40. The summed E-state index contributed by atoms with van der Waals surface area (Å²) in [7, 11) is 0. The Morgan fingerprint density at radius 3 is 2.65 bits per heavy atom. The van der Waals surface area contributed by atoms with Crippen molar-refractivity contribution >= 4 is 46.4 Å². The monoisotopic (exact) mass is 549 g/mol. The summed E-state index contributed by atoms with van der Waals surface area (Å²) in [6.07, 6.45) is 11.7. The molecule has 4 aliphatic rings. The first kappa shape index (κ1) is 24.9. The predicted octanol–water partition coefficient (Wildman–Crippen LogP) is 5.30. The molecule has 2 spiro atoms. The third kappa shape index (κ3) is 3.91. The van der Waals surface area contributed by atoms with E-state index in [4.69, 9.17) is 21.6 Å². The van der Waals surface area contributed by atoms with Crippen molar-refractivity contribution in [2.24, 2.45) is 15.4 Å². The molecule has 1 atom stereocenters. The normalized spacial score (nSPS) is 23.0. The van der Waals surface area contributed by atoms with Crippen LogP contribution in [-0.2, 0) is 29.0 Å². The zero-order valence-corrected chi connectivity index (χ0v) is 22.7. The Bertz CT molecular complexity index is 1700. The van der Waals surface area contributed by atoms with Crippen LogP contribution < -0.4 is 5.32 Å². The number of aliphatic imine (C=N–C) groups is 2. The van der Waals surface area contributed by atoms with Crippen LogP contribution in [0.25, 0.3) is 10.9 Å². The second-order valence-corrected chi connectivity index (χ2v) is 11.6. The number of amidine groups is 1. The number of carbonyl (C=O) groups excluding carboxylic acids is 2. The quantitative estimate of drug-likeness (QED) is 0.438. The fourth-order valence-corrected chi connectivity index (χ4v) is 6.88. The molecule has 1 N–H and O–H groups in total. The Hall–Kier alpha value is -4.10. The van der Waals surface area contributed by atoms with Crippen LogP contribution in [0.15, 0.2) is 83.2 Å². The number of nitrogens with one attached hydrogen (secondary N) is 1. The molecule has 2 amide bonds. The van der Waals surface area contributed by atoms with Gasteiger partial charge in [-0.15, -0.1) is 0 Å². The predicted molar refractivity (Wildman–Crippen MR) is 156 cm³/mol. The van der Waals surface area contributed by atoms with E-state index >= 15 is 0 Å². The van der Waals surface area contributed by atoms with Gasteiger partial charge in [0.25, 0.3) is 5.91 Å². The highest BCUT2D eigenvalue weighted by molar-refractivity contribution is 6.35. The van der Waals surface area contributed by atoms with Gasteiger partial charge in [0.1, 0.15) is 17.2 Å². The largest absolute Gasteiger partial charge is 0.310 e. The molecule has 1 saturated carbocycles. The maximum absolute atomic E-state index is 13.8. The molecular formula is C32H28ClN5O2. The lowest BCUT2D eigenvalue weighted by Gasteiger charge is -2.23. The number of rotatable bonds is 5. The van der Waals surface area contributed by atoms with E-state index in [-0.39, 0.29) is 11.8 Å². The van der Waals surface area contributed by atoms with Gasteiger partial charge in [-0.25, -0.2) is 4.99 Å². The zero-order chi connectivity index (χ0) is 27.5. The Kier molecular flexibility index (Phi) is 5.75. The number of allylic oxidation sites excluding steroid dienone is 1. The average Bonchev–Trinajstić information content (AvgIpc) is 3.70. The number of hydrogen-bond acceptors (Lipinski definition) is 5. The number of carbonyl (C=O) groups is 2. The smallest absolute Gasteiger partial charge is 0.256 e. The number of amides is 2. The molecule has 3 heterocycles. The van der Waals surface area contributed by atoms with Crippen LogP contribution in [0.1, 0.15) is 47.9 Å². The second kappa shape index (κ2) is 9.24. The van der Waals surface area contributed by atoms with Crippen LogP contribution in [0, 0.1) is 5.41 Å². The summed E-state index contributed by atoms with van der Waals surface area (Å²) < 4.78 is 0. The number of halogens is 1. The van der Waals surface area contributed by atoms with E-state index < -0.39 is 11.0 Å². The molecule has 3 aromatic rings. The molecule has 200 valence electrons. The Balaban J connectivity index is 1.21. The van der Waals surface area contributed by atoms with Gasteiger partial charge in [-0.1, -0.05) is 49.2 Å². The highest BCUT2D eigenvalue weighted by Crippen LogP contribution is 2.44. The fourth-order valence-electron chi connectivity index (χ4n) is 6.66. The Morgan fingerprint density at radius 2 is 1.88 bits per heavy atom. The number of aromatic nitrogens is 1. The van der Waals surface area contributed by atoms with Gasteiger partial charge in [-0.2, -0.15) is 0 Å². The van der Waals surface area contributed by atoms with Crippen molar-refractivity contribution in [3.05, 3.63) is 100 Å². The maximum Gasteiger partial charge on any atom is 0.256 e. The third-order valence-electron chi connectivity index (χ3n) is 8.60. The lowest BCUT2D eigenvalue weighted by molar-refractivity contribution is -0.131. The highest BCUT2D eigenvalue weighted by Gasteiger charge is 2.50. The van der Waals surface area contributed by atoms with E-state index in [9.17, 15) is 9.59 Å². The standard InChI is InChI=1S/C32H28ClN5O2/c1-2-11-34-27-17-31(29(39)36-27)15-22-13-21-12-20(18-35-26(21)14-23(22)16-31)19-38-28(24-7-3-4-8-25(24)33)37-32(30(38)40)9-5-6-10-32/h2-4,7-8,11-14,17-18H,1,5-6,9-10,15-16,19H2,(H,36,39)/b34-11-/t31-/m0/s1. The lowest BCUT2D eigenvalue weighted by atomic mass is 9.85. The minimum atomic E-state index is -0.683. The first-order valence-electron chi connectivity index (χ1n) is 13.7. The van der Waals surface area contributed by atoms with E-state index in [2.05, 4.69) is 35.1 Å². The van der Waals surface area contributed by atoms with Crippen LogP contribution in [0.3, 0.4) is 0 Å². The molecule has 0 unspecified atom stereocenters. The van der Waals surface area contributed by atoms with Crippen molar-refractivity contribution < 1.29 is 9.59 Å². The summed E-state index contributed by atoms with van der Waals surface area (Å²) in [5.74, 6) is 1.22. The molecular weight excluding hydrogens is 522 g/mol. The fraction of sp³-hybridized carbons (Fsp3) is 0.281. The molecule has 7 rings (SSSR count). The SMILES string of the molecule is C=C/C=N\C1=C[C@@]2(Cc3cc4cc(CN5C(=O)C6(CCCC6)N=C5c5ccccc5Cl)cnc4cc3C2)C(=O)N1. The van der Waals surface area contributed by atoms with Crippen LogP contribution >= 0.6 is 11.6 Å². The molecule has 0 radical (unpaired) electrons. The molecule has 8 heteroatoms. The Morgan fingerprint density at radius 1 is 1.10 bits per heavy atom. The van der Waals surface area contributed by atoms with Crippen LogP contribution in [-0.4, -0.2) is 39.3 Å². The van der Waals surface area contributed by atoms with Gasteiger partial charge >= 0.3 is 0 Å². The first-order chi connectivity index (χ1) is 19.4. The molecule has 7 nitrogen and oxygen atoms in total. The molecule has 2 aliphatic carbocycles. The maximum atomic E-state index is 13.8. The van der Waals surface area contributed by atoms with Gasteiger partial charge in [0.15, 0.2) is 0 Å². The summed E-state index contributed by atoms with van der Waals surface area (Å²) in [6, 6.07) is 13.9. The summed E-state index contributed by atoms with van der Waals surface area (Å²) in [4.78, 5) is 42.6. The van der Waals surface area contributed by atoms with Crippen LogP contribution in [0.4, 0.5) is 0 Å². The topological polar surface area (TPSA) is 87.0 Å². The van der Waals surface area contributed by atoms with Gasteiger partial charge in [0.2, 0.25) is 5.91 Å². The van der Waals surface area contributed by atoms with Crippen molar-refractivity contribution in [1.82, 2.24) is 15.2 Å². The van der Waals surface area contributed by atoms with Crippen molar-refractivity contribution in [2.75, 3.05) is 0 Å². The van der Waals surface area contributed by atoms with Gasteiger partial charge in [-0.05, 0) is 78.8 Å². The number of hydrogen-bond donors (Lipinski definition) is 1. The van der Waals surface area contributed by atoms with E-state index in [0.717, 1.165) is 58.8 Å². The van der Waals surface area contributed by atoms with E-state index in [1.807, 2.05) is 36.5 Å². The van der Waals surface area contributed by atoms with Crippen LogP contribution in [0.2, 0.25) is 5.02 Å². The minimum Gasteiger partial charge on any atom is -0.310 e. The van der Waals surface area contributed by atoms with Gasteiger partial charge in [-0.3, -0.25) is 24.5 Å². The first-order valence-corrected chi connectivity index (χ1v) is 14.0.